The number of hydrogen-bond donors (Lipinski definition) is 1. The van der Waals surface area contributed by atoms with E-state index in [1.807, 2.05) is 6.08 Å². The molecule has 2 heteroatoms. The maximum atomic E-state index is 9.45. The zero-order valence-corrected chi connectivity index (χ0v) is 9.93. The van der Waals surface area contributed by atoms with Crippen LogP contribution in [0.1, 0.15) is 19.3 Å². The number of aliphatic hydroxyl groups is 1. The van der Waals surface area contributed by atoms with E-state index in [2.05, 4.69) is 37.7 Å². The summed E-state index contributed by atoms with van der Waals surface area (Å²) in [6.45, 7) is 10.2. The standard InChI is InChI=1S/C11H20OSi/c1-5-6-7-8-11(12)9-10-13(2,3)4/h5,11-12H,1,6-8H2,2-4H3/t11-/m1/s1. The summed E-state index contributed by atoms with van der Waals surface area (Å²) in [5, 5.41) is 9.45. The quantitative estimate of drug-likeness (QED) is 0.317. The SMILES string of the molecule is C=CCCC[C@@H](O)C#C[Si](C)(C)C. The summed E-state index contributed by atoms with van der Waals surface area (Å²) >= 11 is 0. The van der Waals surface area contributed by atoms with Crippen LogP contribution in [-0.2, 0) is 0 Å². The number of allylic oxidation sites excluding steroid dienone is 1. The van der Waals surface area contributed by atoms with Gasteiger partial charge in [-0.25, -0.2) is 0 Å². The summed E-state index contributed by atoms with van der Waals surface area (Å²) in [5.41, 5.74) is 3.16. The molecule has 0 rings (SSSR count). The molecule has 0 spiro atoms. The van der Waals surface area contributed by atoms with E-state index in [0.29, 0.717) is 0 Å². The number of rotatable bonds is 4. The lowest BCUT2D eigenvalue weighted by atomic mass is 10.1. The van der Waals surface area contributed by atoms with Gasteiger partial charge in [0.1, 0.15) is 14.2 Å². The van der Waals surface area contributed by atoms with Crippen LogP contribution in [0, 0.1) is 11.5 Å². The maximum absolute atomic E-state index is 9.45. The molecule has 0 aliphatic carbocycles. The van der Waals surface area contributed by atoms with E-state index in [1.54, 1.807) is 0 Å². The molecule has 0 aliphatic rings. The van der Waals surface area contributed by atoms with Gasteiger partial charge in [0.25, 0.3) is 0 Å². The molecular weight excluding hydrogens is 176 g/mol. The van der Waals surface area contributed by atoms with Crippen molar-refractivity contribution in [3.8, 4) is 11.5 Å². The van der Waals surface area contributed by atoms with E-state index in [4.69, 9.17) is 0 Å². The Morgan fingerprint density at radius 2 is 2.08 bits per heavy atom. The van der Waals surface area contributed by atoms with Gasteiger partial charge in [0.05, 0.1) is 0 Å². The molecule has 0 radical (unpaired) electrons. The van der Waals surface area contributed by atoms with E-state index in [9.17, 15) is 5.11 Å². The molecular formula is C11H20OSi. The van der Waals surface area contributed by atoms with Crippen LogP contribution >= 0.6 is 0 Å². The summed E-state index contributed by atoms with van der Waals surface area (Å²) in [5.74, 6) is 2.91. The number of aliphatic hydroxyl groups excluding tert-OH is 1. The second kappa shape index (κ2) is 6.01. The van der Waals surface area contributed by atoms with E-state index in [-0.39, 0.29) is 0 Å². The summed E-state index contributed by atoms with van der Waals surface area (Å²) in [4.78, 5) is 0. The van der Waals surface area contributed by atoms with E-state index < -0.39 is 14.2 Å². The average molecular weight is 196 g/mol. The zero-order chi connectivity index (χ0) is 10.3. The Bertz CT molecular complexity index is 204. The molecule has 0 unspecified atom stereocenters. The van der Waals surface area contributed by atoms with Gasteiger partial charge < -0.3 is 5.11 Å². The van der Waals surface area contributed by atoms with Gasteiger partial charge in [-0.3, -0.25) is 0 Å². The lowest BCUT2D eigenvalue weighted by molar-refractivity contribution is 0.219. The van der Waals surface area contributed by atoms with Crippen LogP contribution in [0.25, 0.3) is 0 Å². The third-order valence-corrected chi connectivity index (χ3v) is 2.39. The monoisotopic (exact) mass is 196 g/mol. The lowest BCUT2D eigenvalue weighted by Gasteiger charge is -2.06. The smallest absolute Gasteiger partial charge is 0.129 e. The highest BCUT2D eigenvalue weighted by Gasteiger charge is 2.08. The minimum absolute atomic E-state index is 0.438. The van der Waals surface area contributed by atoms with Crippen LogP contribution in [0.5, 0.6) is 0 Å². The molecule has 0 saturated carbocycles. The highest BCUT2D eigenvalue weighted by atomic mass is 28.3. The normalized spacial score (nSPS) is 12.9. The van der Waals surface area contributed by atoms with E-state index in [0.717, 1.165) is 19.3 Å². The van der Waals surface area contributed by atoms with Crippen molar-refractivity contribution >= 4 is 8.07 Å². The Hall–Kier alpha value is -0.523. The van der Waals surface area contributed by atoms with Crippen molar-refractivity contribution in [1.29, 1.82) is 0 Å². The second-order valence-electron chi connectivity index (χ2n) is 4.25. The first-order valence-corrected chi connectivity index (χ1v) is 8.27. The number of unbranched alkanes of at least 4 members (excludes halogenated alkanes) is 1. The topological polar surface area (TPSA) is 20.2 Å². The molecule has 0 fully saturated rings. The molecule has 1 atom stereocenters. The second-order valence-corrected chi connectivity index (χ2v) is 9.00. The summed E-state index contributed by atoms with van der Waals surface area (Å²) in [6, 6.07) is 0. The van der Waals surface area contributed by atoms with E-state index >= 15 is 0 Å². The largest absolute Gasteiger partial charge is 0.380 e. The molecule has 0 aliphatic heterocycles. The van der Waals surface area contributed by atoms with Crippen molar-refractivity contribution in [1.82, 2.24) is 0 Å². The van der Waals surface area contributed by atoms with Crippen LogP contribution in [0.2, 0.25) is 19.6 Å². The Morgan fingerprint density at radius 1 is 1.46 bits per heavy atom. The molecule has 0 heterocycles. The summed E-state index contributed by atoms with van der Waals surface area (Å²) in [6.07, 6.45) is 4.14. The number of hydrogen-bond acceptors (Lipinski definition) is 1. The van der Waals surface area contributed by atoms with Crippen molar-refractivity contribution in [3.05, 3.63) is 12.7 Å². The predicted molar refractivity (Wildman–Crippen MR) is 61.2 cm³/mol. The average Bonchev–Trinajstić information content (AvgIpc) is 2.00. The first-order valence-electron chi connectivity index (χ1n) is 4.77. The molecule has 1 N–H and O–H groups in total. The predicted octanol–water partition coefficient (Wildman–Crippen LogP) is 2.58. The molecule has 0 aromatic rings. The Labute approximate surface area is 82.9 Å². The third-order valence-electron chi connectivity index (χ3n) is 1.50. The van der Waals surface area contributed by atoms with Crippen molar-refractivity contribution in [3.63, 3.8) is 0 Å². The molecule has 1 nitrogen and oxygen atoms in total. The minimum Gasteiger partial charge on any atom is -0.380 e. The van der Waals surface area contributed by atoms with Crippen LogP contribution < -0.4 is 0 Å². The van der Waals surface area contributed by atoms with Crippen molar-refractivity contribution in [2.75, 3.05) is 0 Å². The van der Waals surface area contributed by atoms with Crippen LogP contribution in [0.3, 0.4) is 0 Å². The van der Waals surface area contributed by atoms with Crippen LogP contribution in [-0.4, -0.2) is 19.3 Å². The highest BCUT2D eigenvalue weighted by Crippen LogP contribution is 2.02. The molecule has 0 saturated heterocycles. The van der Waals surface area contributed by atoms with Gasteiger partial charge in [-0.15, -0.1) is 12.1 Å². The highest BCUT2D eigenvalue weighted by molar-refractivity contribution is 6.83. The molecule has 0 amide bonds. The van der Waals surface area contributed by atoms with Gasteiger partial charge in [-0.1, -0.05) is 31.6 Å². The first kappa shape index (κ1) is 12.5. The van der Waals surface area contributed by atoms with Gasteiger partial charge in [-0.05, 0) is 19.3 Å². The third kappa shape index (κ3) is 9.39. The van der Waals surface area contributed by atoms with Gasteiger partial charge >= 0.3 is 0 Å². The van der Waals surface area contributed by atoms with Crippen LogP contribution in [0.4, 0.5) is 0 Å². The van der Waals surface area contributed by atoms with Crippen LogP contribution in [0.15, 0.2) is 12.7 Å². The Kier molecular flexibility index (Phi) is 5.77. The Morgan fingerprint density at radius 3 is 2.54 bits per heavy atom. The lowest BCUT2D eigenvalue weighted by Crippen LogP contribution is -2.17. The molecule has 0 aromatic heterocycles. The zero-order valence-electron chi connectivity index (χ0n) is 8.93. The fourth-order valence-corrected chi connectivity index (χ4v) is 1.43. The van der Waals surface area contributed by atoms with Gasteiger partial charge in [0, 0.05) is 0 Å². The Balaban J connectivity index is 3.77. The van der Waals surface area contributed by atoms with Crippen molar-refractivity contribution in [2.45, 2.75) is 45.0 Å². The molecule has 0 aromatic carbocycles. The van der Waals surface area contributed by atoms with Gasteiger partial charge in [-0.2, -0.15) is 0 Å². The van der Waals surface area contributed by atoms with Gasteiger partial charge in [0.15, 0.2) is 0 Å². The molecule has 74 valence electrons. The molecule has 13 heavy (non-hydrogen) atoms. The maximum Gasteiger partial charge on any atom is 0.129 e. The first-order chi connectivity index (χ1) is 5.95. The minimum atomic E-state index is -1.31. The fourth-order valence-electron chi connectivity index (χ4n) is 0.828. The molecule has 0 bridgehead atoms. The summed E-state index contributed by atoms with van der Waals surface area (Å²) < 4.78 is 0. The summed E-state index contributed by atoms with van der Waals surface area (Å²) in [7, 11) is -1.31. The fraction of sp³-hybridized carbons (Fsp3) is 0.636. The van der Waals surface area contributed by atoms with Gasteiger partial charge in [0.2, 0.25) is 0 Å². The van der Waals surface area contributed by atoms with Crippen molar-refractivity contribution in [2.24, 2.45) is 0 Å². The van der Waals surface area contributed by atoms with Crippen molar-refractivity contribution < 1.29 is 5.11 Å². The van der Waals surface area contributed by atoms with E-state index in [1.165, 1.54) is 0 Å².